The molecule has 0 aliphatic carbocycles. The van der Waals surface area contributed by atoms with Gasteiger partial charge < -0.3 is 10.8 Å². The molecule has 0 radical (unpaired) electrons. The molecule has 0 saturated heterocycles. The number of aromatic hydroxyl groups is 1. The predicted octanol–water partition coefficient (Wildman–Crippen LogP) is 4.17. The smallest absolute Gasteiger partial charge is 0.143 e. The number of nitrogens with zero attached hydrogens (tertiary/aromatic N) is 3. The van der Waals surface area contributed by atoms with Crippen LogP contribution in [0.3, 0.4) is 0 Å². The molecule has 0 spiro atoms. The van der Waals surface area contributed by atoms with E-state index in [1.807, 2.05) is 61.5 Å². The SMILES string of the molecule is Cc1ccc(O)c(-n2nc3ccc(Sc4ccc(N)cc4)cc3n2)c1. The average molecular weight is 348 g/mol. The molecular weight excluding hydrogens is 332 g/mol. The molecule has 0 saturated carbocycles. The zero-order valence-corrected chi connectivity index (χ0v) is 14.4. The van der Waals surface area contributed by atoms with Gasteiger partial charge in [0.2, 0.25) is 0 Å². The fourth-order valence-electron chi connectivity index (χ4n) is 2.53. The molecule has 4 rings (SSSR count). The molecule has 0 amide bonds. The first-order chi connectivity index (χ1) is 12.1. The Bertz CT molecular complexity index is 1060. The number of hydrogen-bond donors (Lipinski definition) is 2. The number of benzene rings is 3. The van der Waals surface area contributed by atoms with Crippen molar-refractivity contribution in [1.82, 2.24) is 15.0 Å². The van der Waals surface area contributed by atoms with Gasteiger partial charge in [-0.15, -0.1) is 15.0 Å². The van der Waals surface area contributed by atoms with Crippen LogP contribution in [0.2, 0.25) is 0 Å². The molecule has 0 unspecified atom stereocenters. The summed E-state index contributed by atoms with van der Waals surface area (Å²) >= 11 is 1.64. The van der Waals surface area contributed by atoms with Gasteiger partial charge in [0.05, 0.1) is 0 Å². The molecule has 3 N–H and O–H groups in total. The van der Waals surface area contributed by atoms with Crippen molar-refractivity contribution >= 4 is 28.5 Å². The number of hydrogen-bond acceptors (Lipinski definition) is 5. The summed E-state index contributed by atoms with van der Waals surface area (Å²) in [5.41, 5.74) is 9.64. The summed E-state index contributed by atoms with van der Waals surface area (Å²) < 4.78 is 0. The second-order valence-electron chi connectivity index (χ2n) is 5.80. The second-order valence-corrected chi connectivity index (χ2v) is 6.95. The third-order valence-electron chi connectivity index (χ3n) is 3.81. The first-order valence-corrected chi connectivity index (χ1v) is 8.61. The Morgan fingerprint density at radius 1 is 0.880 bits per heavy atom. The molecule has 0 aliphatic rings. The fraction of sp³-hybridized carbons (Fsp3) is 0.0526. The molecular formula is C19H16N4OS. The summed E-state index contributed by atoms with van der Waals surface area (Å²) in [4.78, 5) is 3.65. The van der Waals surface area contributed by atoms with Gasteiger partial charge in [-0.25, -0.2) is 0 Å². The monoisotopic (exact) mass is 348 g/mol. The van der Waals surface area contributed by atoms with Crippen LogP contribution in [-0.2, 0) is 0 Å². The second kappa shape index (κ2) is 6.14. The molecule has 0 bridgehead atoms. The molecule has 4 aromatic rings. The van der Waals surface area contributed by atoms with Crippen molar-refractivity contribution < 1.29 is 5.11 Å². The molecule has 5 nitrogen and oxygen atoms in total. The lowest BCUT2D eigenvalue weighted by atomic mass is 10.2. The summed E-state index contributed by atoms with van der Waals surface area (Å²) in [6.45, 7) is 1.97. The number of fused-ring (bicyclic) bond motifs is 1. The lowest BCUT2D eigenvalue weighted by Crippen LogP contribution is -1.99. The van der Waals surface area contributed by atoms with Gasteiger partial charge in [0.25, 0.3) is 0 Å². The van der Waals surface area contributed by atoms with Crippen molar-refractivity contribution in [2.45, 2.75) is 16.7 Å². The number of nitrogen functional groups attached to an aromatic ring is 1. The fourth-order valence-corrected chi connectivity index (χ4v) is 3.38. The first-order valence-electron chi connectivity index (χ1n) is 7.79. The lowest BCUT2D eigenvalue weighted by Gasteiger charge is -2.03. The molecule has 1 aromatic heterocycles. The van der Waals surface area contributed by atoms with Crippen LogP contribution < -0.4 is 5.73 Å². The normalized spacial score (nSPS) is 11.1. The van der Waals surface area contributed by atoms with Gasteiger partial charge in [-0.2, -0.15) is 0 Å². The van der Waals surface area contributed by atoms with Crippen molar-refractivity contribution in [2.75, 3.05) is 5.73 Å². The molecule has 0 fully saturated rings. The van der Waals surface area contributed by atoms with Crippen LogP contribution in [0.1, 0.15) is 5.56 Å². The highest BCUT2D eigenvalue weighted by molar-refractivity contribution is 7.99. The highest BCUT2D eigenvalue weighted by Gasteiger charge is 2.10. The summed E-state index contributed by atoms with van der Waals surface area (Å²) in [5, 5.41) is 19.0. The molecule has 0 atom stereocenters. The predicted molar refractivity (Wildman–Crippen MR) is 100 cm³/mol. The maximum Gasteiger partial charge on any atom is 0.143 e. The van der Waals surface area contributed by atoms with Gasteiger partial charge in [-0.1, -0.05) is 17.8 Å². The van der Waals surface area contributed by atoms with Crippen LogP contribution in [-0.4, -0.2) is 20.1 Å². The highest BCUT2D eigenvalue weighted by Crippen LogP contribution is 2.30. The largest absolute Gasteiger partial charge is 0.506 e. The van der Waals surface area contributed by atoms with Crippen LogP contribution in [0.15, 0.2) is 70.5 Å². The van der Waals surface area contributed by atoms with Crippen molar-refractivity contribution in [3.8, 4) is 11.4 Å². The average Bonchev–Trinajstić information content (AvgIpc) is 3.02. The van der Waals surface area contributed by atoms with Crippen molar-refractivity contribution in [2.24, 2.45) is 0 Å². The van der Waals surface area contributed by atoms with E-state index in [4.69, 9.17) is 5.73 Å². The minimum absolute atomic E-state index is 0.155. The van der Waals surface area contributed by atoms with Crippen LogP contribution in [0, 0.1) is 6.92 Å². The molecule has 0 aliphatic heterocycles. The standard InChI is InChI=1S/C19H16N4OS/c1-12-2-9-19(24)18(10-12)23-21-16-8-7-15(11-17(16)22-23)25-14-5-3-13(20)4-6-14/h2-11,24H,20H2,1H3. The maximum absolute atomic E-state index is 10.1. The molecule has 6 heteroatoms. The van der Waals surface area contributed by atoms with Gasteiger partial charge in [-0.3, -0.25) is 0 Å². The van der Waals surface area contributed by atoms with E-state index in [2.05, 4.69) is 10.2 Å². The summed E-state index contributed by atoms with van der Waals surface area (Å²) in [7, 11) is 0. The number of rotatable bonds is 3. The number of phenols is 1. The maximum atomic E-state index is 10.1. The highest BCUT2D eigenvalue weighted by atomic mass is 32.2. The first kappa shape index (κ1) is 15.5. The third kappa shape index (κ3) is 3.16. The van der Waals surface area contributed by atoms with Crippen LogP contribution in [0.4, 0.5) is 5.69 Å². The van der Waals surface area contributed by atoms with E-state index in [0.717, 1.165) is 32.1 Å². The number of anilines is 1. The third-order valence-corrected chi connectivity index (χ3v) is 4.81. The lowest BCUT2D eigenvalue weighted by molar-refractivity contribution is 0.467. The van der Waals surface area contributed by atoms with E-state index in [9.17, 15) is 5.11 Å². The van der Waals surface area contributed by atoms with E-state index >= 15 is 0 Å². The van der Waals surface area contributed by atoms with E-state index in [1.165, 1.54) is 4.80 Å². The molecule has 124 valence electrons. The number of nitrogens with two attached hydrogens (primary N) is 1. The Labute approximate surface area is 149 Å². The van der Waals surface area contributed by atoms with Crippen LogP contribution in [0.25, 0.3) is 16.7 Å². The quantitative estimate of drug-likeness (QED) is 0.543. The van der Waals surface area contributed by atoms with Gasteiger partial charge >= 0.3 is 0 Å². The van der Waals surface area contributed by atoms with Gasteiger partial charge in [-0.05, 0) is 67.1 Å². The topological polar surface area (TPSA) is 77.0 Å². The van der Waals surface area contributed by atoms with E-state index in [-0.39, 0.29) is 5.75 Å². The number of aryl methyl sites for hydroxylation is 1. The van der Waals surface area contributed by atoms with E-state index in [1.54, 1.807) is 17.8 Å². The van der Waals surface area contributed by atoms with Gasteiger partial charge in [0.15, 0.2) is 0 Å². The number of phenolic OH excluding ortho intramolecular Hbond substituents is 1. The van der Waals surface area contributed by atoms with Crippen molar-refractivity contribution in [1.29, 1.82) is 0 Å². The minimum atomic E-state index is 0.155. The van der Waals surface area contributed by atoms with Crippen LogP contribution >= 0.6 is 11.8 Å². The van der Waals surface area contributed by atoms with Crippen molar-refractivity contribution in [3.05, 3.63) is 66.2 Å². The molecule has 1 heterocycles. The minimum Gasteiger partial charge on any atom is -0.506 e. The van der Waals surface area contributed by atoms with Gasteiger partial charge in [0.1, 0.15) is 22.5 Å². The summed E-state index contributed by atoms with van der Waals surface area (Å²) in [6.07, 6.45) is 0. The van der Waals surface area contributed by atoms with E-state index < -0.39 is 0 Å². The Morgan fingerprint density at radius 2 is 1.60 bits per heavy atom. The Kier molecular flexibility index (Phi) is 3.82. The Hall–Kier alpha value is -2.99. The zero-order chi connectivity index (χ0) is 17.4. The summed E-state index contributed by atoms with van der Waals surface area (Å²) in [5.74, 6) is 0.155. The molecule has 3 aromatic carbocycles. The van der Waals surface area contributed by atoms with Crippen molar-refractivity contribution in [3.63, 3.8) is 0 Å². The van der Waals surface area contributed by atoms with Gasteiger partial charge in [0, 0.05) is 15.5 Å². The Morgan fingerprint density at radius 3 is 2.40 bits per heavy atom. The Balaban J connectivity index is 1.69. The zero-order valence-electron chi connectivity index (χ0n) is 13.5. The van der Waals surface area contributed by atoms with E-state index in [0.29, 0.717) is 5.69 Å². The molecule has 25 heavy (non-hydrogen) atoms. The number of aromatic nitrogens is 3. The summed E-state index contributed by atoms with van der Waals surface area (Å²) in [6, 6.07) is 19.1. The van der Waals surface area contributed by atoms with Crippen LogP contribution in [0.5, 0.6) is 5.75 Å².